The number of Topliss-reactive ketones (excluding diaryl/α,β-unsaturated/α-hetero) is 1. The normalized spacial score (nSPS) is 16.3. The maximum absolute atomic E-state index is 12.8. The quantitative estimate of drug-likeness (QED) is 0.656. The Labute approximate surface area is 84.3 Å². The highest BCUT2D eigenvalue weighted by atomic mass is 19.1. The fraction of sp³-hybridized carbons (Fsp3) is 0.200. The highest BCUT2D eigenvalue weighted by molar-refractivity contribution is 6.14. The number of hydrogen-bond donors (Lipinski definition) is 0. The largest absolute Gasteiger partial charge is 0.304 e. The van der Waals surface area contributed by atoms with E-state index in [1.165, 1.54) is 0 Å². The van der Waals surface area contributed by atoms with Crippen molar-refractivity contribution in [3.63, 3.8) is 0 Å². The summed E-state index contributed by atoms with van der Waals surface area (Å²) in [7, 11) is 0. The second-order valence-corrected chi connectivity index (χ2v) is 3.32. The van der Waals surface area contributed by atoms with Crippen molar-refractivity contribution in [3.8, 4) is 0 Å². The minimum absolute atomic E-state index is 0.0864. The first-order valence-electron chi connectivity index (χ1n) is 4.34. The average Bonchev–Trinajstić information content (AvgIpc) is 2.43. The summed E-state index contributed by atoms with van der Waals surface area (Å²) in [5, 5.41) is 0. The summed E-state index contributed by atoms with van der Waals surface area (Å²) in [5.74, 6) is -2.20. The molecule has 1 aromatic carbocycles. The van der Waals surface area contributed by atoms with E-state index in [1.54, 1.807) is 0 Å². The molecule has 1 amide bonds. The molecule has 0 spiro atoms. The molecule has 15 heavy (non-hydrogen) atoms. The Hall–Kier alpha value is -1.78. The summed E-state index contributed by atoms with van der Waals surface area (Å²) in [6, 6.07) is 2.77. The van der Waals surface area contributed by atoms with Gasteiger partial charge in [0.25, 0.3) is 0 Å². The maximum Gasteiger partial charge on any atom is 0.234 e. The molecule has 1 fully saturated rings. The molecule has 5 heteroatoms. The van der Waals surface area contributed by atoms with Crippen molar-refractivity contribution in [3.05, 3.63) is 29.8 Å². The topological polar surface area (TPSA) is 37.4 Å². The zero-order chi connectivity index (χ0) is 11.0. The average molecular weight is 211 g/mol. The molecule has 1 aromatic rings. The Morgan fingerprint density at radius 2 is 1.67 bits per heavy atom. The highest BCUT2D eigenvalue weighted by Gasteiger charge is 2.28. The van der Waals surface area contributed by atoms with Crippen molar-refractivity contribution in [1.29, 1.82) is 0 Å². The Morgan fingerprint density at radius 1 is 1.07 bits per heavy atom. The number of amides is 1. The number of hydrogen-bond acceptors (Lipinski definition) is 2. The molecular weight excluding hydrogens is 204 g/mol. The molecule has 78 valence electrons. The molecule has 1 saturated heterocycles. The molecule has 3 nitrogen and oxygen atoms in total. The lowest BCUT2D eigenvalue weighted by Gasteiger charge is -2.14. The Balaban J connectivity index is 2.37. The minimum atomic E-state index is -0.767. The first kappa shape index (κ1) is 9.76. The molecule has 1 aliphatic rings. The maximum atomic E-state index is 12.8. The van der Waals surface area contributed by atoms with Gasteiger partial charge < -0.3 is 4.90 Å². The van der Waals surface area contributed by atoms with E-state index < -0.39 is 17.5 Å². The first-order valence-corrected chi connectivity index (χ1v) is 4.34. The fourth-order valence-electron chi connectivity index (χ4n) is 1.51. The van der Waals surface area contributed by atoms with E-state index in [0.29, 0.717) is 6.07 Å². The lowest BCUT2D eigenvalue weighted by molar-refractivity contribution is -0.121. The smallest absolute Gasteiger partial charge is 0.234 e. The van der Waals surface area contributed by atoms with Gasteiger partial charge in [-0.25, -0.2) is 8.78 Å². The number of carbonyl (C=O) groups is 2. The lowest BCUT2D eigenvalue weighted by atomic mass is 10.3. The number of halogens is 2. The van der Waals surface area contributed by atoms with Crippen LogP contribution in [0, 0.1) is 11.6 Å². The number of benzene rings is 1. The Bertz CT molecular complexity index is 425. The third-order valence-corrected chi connectivity index (χ3v) is 2.14. The molecule has 0 aromatic heterocycles. The van der Waals surface area contributed by atoms with E-state index in [0.717, 1.165) is 17.0 Å². The van der Waals surface area contributed by atoms with E-state index in [-0.39, 0.29) is 24.4 Å². The zero-order valence-corrected chi connectivity index (χ0v) is 7.67. The van der Waals surface area contributed by atoms with Gasteiger partial charge in [-0.3, -0.25) is 9.59 Å². The van der Waals surface area contributed by atoms with Crippen molar-refractivity contribution in [1.82, 2.24) is 0 Å². The van der Waals surface area contributed by atoms with Gasteiger partial charge in [0, 0.05) is 11.8 Å². The van der Waals surface area contributed by atoms with Crippen LogP contribution in [-0.2, 0) is 9.59 Å². The van der Waals surface area contributed by atoms with Gasteiger partial charge in [-0.05, 0) is 12.1 Å². The summed E-state index contributed by atoms with van der Waals surface area (Å²) in [4.78, 5) is 23.3. The van der Waals surface area contributed by atoms with Gasteiger partial charge in [0.05, 0.1) is 13.0 Å². The zero-order valence-electron chi connectivity index (χ0n) is 7.67. The third kappa shape index (κ3) is 1.86. The Morgan fingerprint density at radius 3 is 2.13 bits per heavy atom. The molecule has 0 saturated carbocycles. The summed E-state index contributed by atoms with van der Waals surface area (Å²) >= 11 is 0. The number of carbonyl (C=O) groups excluding carboxylic acids is 2. The number of anilines is 1. The molecule has 0 unspecified atom stereocenters. The van der Waals surface area contributed by atoms with Crippen molar-refractivity contribution in [2.75, 3.05) is 11.4 Å². The van der Waals surface area contributed by atoms with Gasteiger partial charge in [0.1, 0.15) is 11.6 Å². The standard InChI is InChI=1S/C10H7F2NO2/c11-6-1-7(12)3-8(2-6)13-5-9(14)4-10(13)15/h1-3H,4-5H2. The SMILES string of the molecule is O=C1CC(=O)N(c2cc(F)cc(F)c2)C1. The van der Waals surface area contributed by atoms with E-state index in [1.807, 2.05) is 0 Å². The lowest BCUT2D eigenvalue weighted by Crippen LogP contribution is -2.24. The minimum Gasteiger partial charge on any atom is -0.304 e. The summed E-state index contributed by atoms with van der Waals surface area (Å²) < 4.78 is 25.7. The third-order valence-electron chi connectivity index (χ3n) is 2.14. The van der Waals surface area contributed by atoms with Crippen LogP contribution in [0.1, 0.15) is 6.42 Å². The summed E-state index contributed by atoms with van der Waals surface area (Å²) in [6.45, 7) is -0.109. The number of nitrogens with zero attached hydrogens (tertiary/aromatic N) is 1. The van der Waals surface area contributed by atoms with Crippen LogP contribution in [0.3, 0.4) is 0 Å². The second kappa shape index (κ2) is 3.42. The molecule has 0 atom stereocenters. The van der Waals surface area contributed by atoms with Gasteiger partial charge >= 0.3 is 0 Å². The number of ketones is 1. The van der Waals surface area contributed by atoms with Gasteiger partial charge in [-0.2, -0.15) is 0 Å². The summed E-state index contributed by atoms with van der Waals surface area (Å²) in [6.07, 6.45) is -0.196. The molecule has 0 aliphatic carbocycles. The van der Waals surface area contributed by atoms with E-state index in [4.69, 9.17) is 0 Å². The van der Waals surface area contributed by atoms with Crippen LogP contribution >= 0.6 is 0 Å². The van der Waals surface area contributed by atoms with E-state index >= 15 is 0 Å². The summed E-state index contributed by atoms with van der Waals surface area (Å²) in [5.41, 5.74) is 0.0864. The van der Waals surface area contributed by atoms with Gasteiger partial charge in [0.2, 0.25) is 5.91 Å². The van der Waals surface area contributed by atoms with E-state index in [2.05, 4.69) is 0 Å². The van der Waals surface area contributed by atoms with Crippen LogP contribution in [-0.4, -0.2) is 18.2 Å². The monoisotopic (exact) mass is 211 g/mol. The number of rotatable bonds is 1. The van der Waals surface area contributed by atoms with Crippen LogP contribution < -0.4 is 4.90 Å². The van der Waals surface area contributed by atoms with Crippen LogP contribution in [0.2, 0.25) is 0 Å². The van der Waals surface area contributed by atoms with Crippen molar-refractivity contribution >= 4 is 17.4 Å². The van der Waals surface area contributed by atoms with Gasteiger partial charge in [0.15, 0.2) is 5.78 Å². The van der Waals surface area contributed by atoms with Crippen molar-refractivity contribution in [2.45, 2.75) is 6.42 Å². The van der Waals surface area contributed by atoms with Crippen LogP contribution in [0.15, 0.2) is 18.2 Å². The van der Waals surface area contributed by atoms with Gasteiger partial charge in [-0.1, -0.05) is 0 Å². The molecular formula is C10H7F2NO2. The molecule has 1 aliphatic heterocycles. The Kier molecular flexibility index (Phi) is 2.22. The van der Waals surface area contributed by atoms with Crippen LogP contribution in [0.4, 0.5) is 14.5 Å². The van der Waals surface area contributed by atoms with E-state index in [9.17, 15) is 18.4 Å². The molecule has 0 radical (unpaired) electrons. The predicted molar refractivity (Wildman–Crippen MR) is 48.3 cm³/mol. The highest BCUT2D eigenvalue weighted by Crippen LogP contribution is 2.21. The van der Waals surface area contributed by atoms with Crippen molar-refractivity contribution in [2.24, 2.45) is 0 Å². The molecule has 1 heterocycles. The van der Waals surface area contributed by atoms with Crippen LogP contribution in [0.25, 0.3) is 0 Å². The van der Waals surface area contributed by atoms with Crippen molar-refractivity contribution < 1.29 is 18.4 Å². The second-order valence-electron chi connectivity index (χ2n) is 3.32. The molecule has 0 bridgehead atoms. The fourth-order valence-corrected chi connectivity index (χ4v) is 1.51. The first-order chi connectivity index (χ1) is 7.06. The van der Waals surface area contributed by atoms with Crippen LogP contribution in [0.5, 0.6) is 0 Å². The van der Waals surface area contributed by atoms with Gasteiger partial charge in [-0.15, -0.1) is 0 Å². The molecule has 0 N–H and O–H groups in total. The predicted octanol–water partition coefficient (Wildman–Crippen LogP) is 1.27. The molecule has 2 rings (SSSR count).